The van der Waals surface area contributed by atoms with Crippen LogP contribution in [0.1, 0.15) is 24.2 Å². The maximum absolute atomic E-state index is 11.3. The van der Waals surface area contributed by atoms with Gasteiger partial charge in [-0.05, 0) is 30.0 Å². The quantitative estimate of drug-likeness (QED) is 0.747. The van der Waals surface area contributed by atoms with E-state index in [1.165, 1.54) is 5.56 Å². The number of aryl methyl sites for hydroxylation is 1. The Morgan fingerprint density at radius 3 is 2.68 bits per heavy atom. The lowest BCUT2D eigenvalue weighted by molar-refractivity contribution is -0.137. The van der Waals surface area contributed by atoms with Gasteiger partial charge in [0.15, 0.2) is 0 Å². The summed E-state index contributed by atoms with van der Waals surface area (Å²) >= 11 is 0. The molecule has 2 saturated heterocycles. The first-order valence-electron chi connectivity index (χ1n) is 10.1. The van der Waals surface area contributed by atoms with Crippen molar-refractivity contribution in [2.45, 2.75) is 25.8 Å². The van der Waals surface area contributed by atoms with Crippen LogP contribution < -0.4 is 0 Å². The van der Waals surface area contributed by atoms with Crippen molar-refractivity contribution in [1.29, 1.82) is 0 Å². The van der Waals surface area contributed by atoms with E-state index in [4.69, 9.17) is 0 Å². The van der Waals surface area contributed by atoms with E-state index in [9.17, 15) is 9.90 Å². The second kappa shape index (κ2) is 8.01. The summed E-state index contributed by atoms with van der Waals surface area (Å²) in [6, 6.07) is 4.13. The number of rotatable bonds is 8. The highest BCUT2D eigenvalue weighted by molar-refractivity contribution is 5.66. The van der Waals surface area contributed by atoms with Crippen molar-refractivity contribution in [3.05, 3.63) is 48.3 Å². The Morgan fingerprint density at radius 2 is 1.96 bits per heavy atom. The summed E-state index contributed by atoms with van der Waals surface area (Å²) in [5.41, 5.74) is 1.36. The Balaban J connectivity index is 1.40. The zero-order valence-electron chi connectivity index (χ0n) is 16.5. The lowest BCUT2D eigenvalue weighted by Gasteiger charge is -2.29. The fourth-order valence-corrected chi connectivity index (χ4v) is 5.05. The molecule has 0 aliphatic carbocycles. The molecule has 0 amide bonds. The number of hydrogen-bond acceptors (Lipinski definition) is 5. The number of hydrogen-bond donors (Lipinski definition) is 1. The number of carboxylic acid groups (broad SMARTS) is 1. The van der Waals surface area contributed by atoms with Crippen LogP contribution in [0, 0.1) is 11.3 Å². The molecule has 150 valence electrons. The van der Waals surface area contributed by atoms with Gasteiger partial charge in [0.1, 0.15) is 5.82 Å². The van der Waals surface area contributed by atoms with Crippen LogP contribution in [0.25, 0.3) is 0 Å². The molecular formula is C21H29N5O2. The van der Waals surface area contributed by atoms with E-state index >= 15 is 0 Å². The number of nitrogens with zero attached hydrogens (tertiary/aromatic N) is 5. The smallest absolute Gasteiger partial charge is 0.303 e. The highest BCUT2D eigenvalue weighted by Gasteiger charge is 2.51. The molecule has 2 aromatic rings. The molecule has 0 bridgehead atoms. The molecule has 2 unspecified atom stereocenters. The minimum Gasteiger partial charge on any atom is -0.481 e. The molecule has 7 nitrogen and oxygen atoms in total. The van der Waals surface area contributed by atoms with Gasteiger partial charge in [-0.15, -0.1) is 0 Å². The molecular weight excluding hydrogens is 354 g/mol. The number of likely N-dealkylation sites (tertiary alicyclic amines) is 2. The molecule has 2 aliphatic heterocycles. The van der Waals surface area contributed by atoms with E-state index in [0.29, 0.717) is 5.92 Å². The summed E-state index contributed by atoms with van der Waals surface area (Å²) in [4.78, 5) is 24.8. The van der Waals surface area contributed by atoms with Gasteiger partial charge in [-0.3, -0.25) is 14.7 Å². The summed E-state index contributed by atoms with van der Waals surface area (Å²) in [5, 5.41) is 9.27. The van der Waals surface area contributed by atoms with Crippen molar-refractivity contribution in [3.63, 3.8) is 0 Å². The Morgan fingerprint density at radius 1 is 1.21 bits per heavy atom. The van der Waals surface area contributed by atoms with E-state index < -0.39 is 5.97 Å². The van der Waals surface area contributed by atoms with E-state index in [0.717, 1.165) is 57.9 Å². The van der Waals surface area contributed by atoms with Gasteiger partial charge in [-0.1, -0.05) is 0 Å². The first-order valence-corrected chi connectivity index (χ1v) is 10.1. The number of aromatic nitrogens is 3. The van der Waals surface area contributed by atoms with Crippen LogP contribution in [0.2, 0.25) is 0 Å². The number of imidazole rings is 1. The topological polar surface area (TPSA) is 74.5 Å². The average Bonchev–Trinajstić information content (AvgIpc) is 3.31. The van der Waals surface area contributed by atoms with E-state index in [1.54, 1.807) is 0 Å². The summed E-state index contributed by atoms with van der Waals surface area (Å²) in [5.74, 6) is 0.957. The molecule has 7 heteroatoms. The van der Waals surface area contributed by atoms with Crippen molar-refractivity contribution in [2.24, 2.45) is 18.4 Å². The molecule has 4 heterocycles. The third kappa shape index (κ3) is 4.10. The molecule has 0 spiro atoms. The van der Waals surface area contributed by atoms with Crippen LogP contribution in [-0.4, -0.2) is 68.1 Å². The maximum Gasteiger partial charge on any atom is 0.303 e. The van der Waals surface area contributed by atoms with Crippen molar-refractivity contribution in [3.8, 4) is 0 Å². The van der Waals surface area contributed by atoms with Gasteiger partial charge >= 0.3 is 5.97 Å². The number of carbonyl (C=O) groups is 1. The summed E-state index contributed by atoms with van der Waals surface area (Å²) in [6.45, 7) is 5.97. The van der Waals surface area contributed by atoms with E-state index in [-0.39, 0.29) is 11.8 Å². The predicted molar refractivity (Wildman–Crippen MR) is 106 cm³/mol. The van der Waals surface area contributed by atoms with Crippen LogP contribution in [0.3, 0.4) is 0 Å². The molecule has 0 saturated carbocycles. The largest absolute Gasteiger partial charge is 0.481 e. The Bertz CT molecular complexity index is 808. The SMILES string of the molecule is Cn1ccnc1CCN1CC2CN(Cc3ccncc3)CC2(CCC(=O)O)C1. The Kier molecular flexibility index (Phi) is 5.46. The second-order valence-electron chi connectivity index (χ2n) is 8.42. The van der Waals surface area contributed by atoms with Gasteiger partial charge in [0.2, 0.25) is 0 Å². The molecule has 0 radical (unpaired) electrons. The minimum atomic E-state index is -0.688. The van der Waals surface area contributed by atoms with E-state index in [2.05, 4.69) is 36.5 Å². The van der Waals surface area contributed by atoms with Gasteiger partial charge in [0, 0.05) is 89.4 Å². The average molecular weight is 383 g/mol. The molecule has 28 heavy (non-hydrogen) atoms. The first-order chi connectivity index (χ1) is 13.5. The number of fused-ring (bicyclic) bond motifs is 1. The van der Waals surface area contributed by atoms with Gasteiger partial charge in [0.05, 0.1) is 0 Å². The number of aliphatic carboxylic acids is 1. The third-order valence-electron chi connectivity index (χ3n) is 6.47. The fraction of sp³-hybridized carbons (Fsp3) is 0.571. The molecule has 2 atom stereocenters. The fourth-order valence-electron chi connectivity index (χ4n) is 5.05. The highest BCUT2D eigenvalue weighted by atomic mass is 16.4. The van der Waals surface area contributed by atoms with Gasteiger partial charge in [-0.25, -0.2) is 4.98 Å². The van der Waals surface area contributed by atoms with Crippen LogP contribution in [0.5, 0.6) is 0 Å². The van der Waals surface area contributed by atoms with Crippen molar-refractivity contribution in [2.75, 3.05) is 32.7 Å². The van der Waals surface area contributed by atoms with Gasteiger partial charge in [0.25, 0.3) is 0 Å². The molecule has 2 fully saturated rings. The first kappa shape index (κ1) is 19.1. The number of pyridine rings is 1. The molecule has 2 aliphatic rings. The van der Waals surface area contributed by atoms with Crippen LogP contribution in [0.15, 0.2) is 36.9 Å². The van der Waals surface area contributed by atoms with Crippen molar-refractivity contribution < 1.29 is 9.90 Å². The summed E-state index contributed by atoms with van der Waals surface area (Å²) < 4.78 is 2.08. The molecule has 2 aromatic heterocycles. The van der Waals surface area contributed by atoms with Gasteiger partial charge < -0.3 is 14.6 Å². The third-order valence-corrected chi connectivity index (χ3v) is 6.47. The summed E-state index contributed by atoms with van der Waals surface area (Å²) in [6.07, 6.45) is 9.47. The zero-order chi connectivity index (χ0) is 19.6. The standard InChI is InChI=1S/C21H29N5O2/c1-24-11-9-23-19(24)5-10-25-13-18-14-26(12-17-3-7-22-8-4-17)16-21(18,15-25)6-2-20(27)28/h3-4,7-9,11,18H,2,5-6,10,12-16H2,1H3,(H,27,28). The lowest BCUT2D eigenvalue weighted by atomic mass is 9.77. The second-order valence-corrected chi connectivity index (χ2v) is 8.42. The minimum absolute atomic E-state index is 0.0903. The van der Waals surface area contributed by atoms with Crippen LogP contribution >= 0.6 is 0 Å². The highest BCUT2D eigenvalue weighted by Crippen LogP contribution is 2.46. The van der Waals surface area contributed by atoms with E-state index in [1.807, 2.05) is 31.8 Å². The zero-order valence-corrected chi connectivity index (χ0v) is 16.5. The normalized spacial score (nSPS) is 25.2. The molecule has 1 N–H and O–H groups in total. The molecule has 0 aromatic carbocycles. The van der Waals surface area contributed by atoms with Crippen LogP contribution in [0.4, 0.5) is 0 Å². The maximum atomic E-state index is 11.3. The monoisotopic (exact) mass is 383 g/mol. The lowest BCUT2D eigenvalue weighted by Crippen LogP contribution is -2.35. The summed E-state index contributed by atoms with van der Waals surface area (Å²) in [7, 11) is 2.03. The van der Waals surface area contributed by atoms with Gasteiger partial charge in [-0.2, -0.15) is 0 Å². The van der Waals surface area contributed by atoms with Crippen molar-refractivity contribution in [1.82, 2.24) is 24.3 Å². The Labute approximate surface area is 166 Å². The van der Waals surface area contributed by atoms with Crippen LogP contribution in [-0.2, 0) is 24.8 Å². The Hall–Kier alpha value is -2.25. The van der Waals surface area contributed by atoms with Crippen molar-refractivity contribution >= 4 is 5.97 Å². The number of carboxylic acids is 1. The predicted octanol–water partition coefficient (Wildman–Crippen LogP) is 1.66. The molecule has 4 rings (SSSR count).